The van der Waals surface area contributed by atoms with E-state index in [1.54, 1.807) is 0 Å². The van der Waals surface area contributed by atoms with E-state index in [1.807, 2.05) is 0 Å². The Bertz CT molecular complexity index is 390. The number of rotatable bonds is 15. The van der Waals surface area contributed by atoms with E-state index in [9.17, 15) is 9.59 Å². The Labute approximate surface area is 197 Å². The maximum absolute atomic E-state index is 9.60. The van der Waals surface area contributed by atoms with Crippen molar-refractivity contribution in [2.24, 2.45) is 0 Å². The second-order valence-corrected chi connectivity index (χ2v) is 7.98. The van der Waals surface area contributed by atoms with Crippen molar-refractivity contribution in [2.75, 3.05) is 0 Å². The first-order valence-corrected chi connectivity index (χ1v) is 12.1. The van der Waals surface area contributed by atoms with Crippen molar-refractivity contribution in [2.45, 2.75) is 131 Å². The molecule has 192 valence electrons. The van der Waals surface area contributed by atoms with Gasteiger partial charge in [-0.1, -0.05) is 111 Å². The smallest absolute Gasteiger partial charge is 0.330 e. The van der Waals surface area contributed by atoms with E-state index >= 15 is 0 Å². The Balaban J connectivity index is -0.000000169. The van der Waals surface area contributed by atoms with Crippen LogP contribution in [0.5, 0.6) is 0 Å². The lowest BCUT2D eigenvalue weighted by atomic mass is 10.1. The molecule has 6 heteroatoms. The Morgan fingerprint density at radius 3 is 1.00 bits per heavy atom. The van der Waals surface area contributed by atoms with Gasteiger partial charge >= 0.3 is 11.9 Å². The zero-order chi connectivity index (χ0) is 25.8. The fourth-order valence-corrected chi connectivity index (χ4v) is 2.14. The molecule has 0 fully saturated rings. The predicted molar refractivity (Wildman–Crippen MR) is 135 cm³/mol. The summed E-state index contributed by atoms with van der Waals surface area (Å²) in [6.45, 7) is 15.9. The van der Waals surface area contributed by atoms with Crippen LogP contribution in [0.1, 0.15) is 125 Å². The quantitative estimate of drug-likeness (QED) is 0.118. The van der Waals surface area contributed by atoms with E-state index in [1.165, 1.54) is 84.5 Å². The lowest BCUT2D eigenvalue weighted by Gasteiger charge is -2.02. The van der Waals surface area contributed by atoms with Gasteiger partial charge in [0.25, 0.3) is 0 Å². The van der Waals surface area contributed by atoms with Gasteiger partial charge in [0.1, 0.15) is 0 Å². The lowest BCUT2D eigenvalue weighted by Crippen LogP contribution is -2.02. The molecule has 0 aliphatic rings. The van der Waals surface area contributed by atoms with Crippen LogP contribution < -0.4 is 0 Å². The summed E-state index contributed by atoms with van der Waals surface area (Å²) in [5.74, 6) is -1.87. The number of aliphatic carboxylic acids is 2. The summed E-state index contributed by atoms with van der Waals surface area (Å²) < 4.78 is 0. The molecular weight excluding hydrogens is 408 g/mol. The Morgan fingerprint density at radius 2 is 0.812 bits per heavy atom. The third-order valence-corrected chi connectivity index (χ3v) is 4.25. The van der Waals surface area contributed by atoms with Gasteiger partial charge in [0.15, 0.2) is 6.29 Å². The zero-order valence-electron chi connectivity index (χ0n) is 21.5. The van der Waals surface area contributed by atoms with Gasteiger partial charge in [-0.15, -0.1) is 0 Å². The van der Waals surface area contributed by atoms with Crippen LogP contribution in [0.2, 0.25) is 0 Å². The van der Waals surface area contributed by atoms with E-state index in [0.29, 0.717) is 6.42 Å². The number of aliphatic hydroxyl groups is 2. The van der Waals surface area contributed by atoms with E-state index < -0.39 is 18.2 Å². The standard InChI is InChI=1S/C9H20O2.C9H20.2C4H6O2/c1-2-3-4-5-6-7-8-9(10)11;1-3-5-7-9-8-6-4-2;2*1-3(2)4(5)6/h9-11H,2-8H2,1H3;3-9H2,1-2H3;2*1H2,2H3,(H,5,6). The maximum Gasteiger partial charge on any atom is 0.330 e. The molecule has 0 aromatic heterocycles. The zero-order valence-corrected chi connectivity index (χ0v) is 21.5. The number of hydrogen-bond donors (Lipinski definition) is 4. The molecule has 6 nitrogen and oxygen atoms in total. The van der Waals surface area contributed by atoms with Crippen LogP contribution in [0.25, 0.3) is 0 Å². The van der Waals surface area contributed by atoms with Gasteiger partial charge in [-0.25, -0.2) is 9.59 Å². The monoisotopic (exact) mass is 460 g/mol. The first-order valence-electron chi connectivity index (χ1n) is 12.1. The van der Waals surface area contributed by atoms with Gasteiger partial charge in [0, 0.05) is 11.1 Å². The first-order chi connectivity index (χ1) is 15.0. The molecule has 0 aliphatic heterocycles. The number of unbranched alkanes of at least 4 members (excludes halogenated alkanes) is 11. The summed E-state index contributed by atoms with van der Waals surface area (Å²) in [6, 6.07) is 0. The molecule has 0 unspecified atom stereocenters. The number of carbonyl (C=O) groups is 2. The molecule has 0 saturated heterocycles. The molecule has 0 amide bonds. The van der Waals surface area contributed by atoms with Crippen molar-refractivity contribution in [1.29, 1.82) is 0 Å². The molecule has 0 saturated carbocycles. The highest BCUT2D eigenvalue weighted by Gasteiger charge is 1.96. The van der Waals surface area contributed by atoms with E-state index in [4.69, 9.17) is 20.4 Å². The summed E-state index contributed by atoms with van der Waals surface area (Å²) in [7, 11) is 0. The van der Waals surface area contributed by atoms with Crippen LogP contribution >= 0.6 is 0 Å². The largest absolute Gasteiger partial charge is 0.478 e. The molecule has 0 atom stereocenters. The Kier molecular flexibility index (Phi) is 37.1. The van der Waals surface area contributed by atoms with Crippen molar-refractivity contribution < 1.29 is 30.0 Å². The van der Waals surface area contributed by atoms with Crippen molar-refractivity contribution in [1.82, 2.24) is 0 Å². The number of aliphatic hydroxyl groups excluding tert-OH is 1. The third kappa shape index (κ3) is 51.2. The fraction of sp³-hybridized carbons (Fsp3) is 0.769. The molecule has 32 heavy (non-hydrogen) atoms. The number of carboxylic acids is 2. The minimum Gasteiger partial charge on any atom is -0.478 e. The van der Waals surface area contributed by atoms with Gasteiger partial charge in [0.2, 0.25) is 0 Å². The van der Waals surface area contributed by atoms with Gasteiger partial charge in [-0.3, -0.25) is 0 Å². The molecule has 0 aromatic rings. The van der Waals surface area contributed by atoms with E-state index in [2.05, 4.69) is 33.9 Å². The van der Waals surface area contributed by atoms with Crippen molar-refractivity contribution in [3.05, 3.63) is 24.3 Å². The van der Waals surface area contributed by atoms with Gasteiger partial charge in [0.05, 0.1) is 0 Å². The minimum absolute atomic E-state index is 0.176. The molecule has 0 aliphatic carbocycles. The molecule has 4 N–H and O–H groups in total. The van der Waals surface area contributed by atoms with Crippen LogP contribution in [-0.2, 0) is 9.59 Å². The third-order valence-electron chi connectivity index (χ3n) is 4.25. The average Bonchev–Trinajstić information content (AvgIpc) is 2.71. The number of carboxylic acid groups (broad SMARTS) is 2. The highest BCUT2D eigenvalue weighted by molar-refractivity contribution is 5.85. The summed E-state index contributed by atoms with van der Waals surface area (Å²) in [5.41, 5.74) is 0.352. The summed E-state index contributed by atoms with van der Waals surface area (Å²) in [5, 5.41) is 32.8. The molecule has 0 spiro atoms. The van der Waals surface area contributed by atoms with Crippen LogP contribution in [0.3, 0.4) is 0 Å². The average molecular weight is 461 g/mol. The summed E-state index contributed by atoms with van der Waals surface area (Å²) >= 11 is 0. The van der Waals surface area contributed by atoms with Crippen molar-refractivity contribution in [3.8, 4) is 0 Å². The maximum atomic E-state index is 9.60. The van der Waals surface area contributed by atoms with Crippen LogP contribution in [0.15, 0.2) is 24.3 Å². The van der Waals surface area contributed by atoms with Crippen LogP contribution in [0.4, 0.5) is 0 Å². The minimum atomic E-state index is -1.10. The highest BCUT2D eigenvalue weighted by atomic mass is 16.5. The first kappa shape index (κ1) is 37.6. The molecule has 0 aromatic carbocycles. The van der Waals surface area contributed by atoms with Crippen LogP contribution in [0, 0.1) is 0 Å². The predicted octanol–water partition coefficient (Wildman–Crippen LogP) is 7.10. The van der Waals surface area contributed by atoms with Gasteiger partial charge < -0.3 is 20.4 Å². The molecule has 0 heterocycles. The summed E-state index contributed by atoms with van der Waals surface area (Å²) in [4.78, 5) is 19.2. The second-order valence-electron chi connectivity index (χ2n) is 7.98. The molecular formula is C26H52O6. The lowest BCUT2D eigenvalue weighted by molar-refractivity contribution is -0.133. The highest BCUT2D eigenvalue weighted by Crippen LogP contribution is 2.07. The van der Waals surface area contributed by atoms with Gasteiger partial charge in [-0.05, 0) is 26.7 Å². The topological polar surface area (TPSA) is 115 Å². The molecule has 0 bridgehead atoms. The van der Waals surface area contributed by atoms with E-state index in [0.717, 1.165) is 12.8 Å². The number of hydrogen-bond acceptors (Lipinski definition) is 4. The second kappa shape index (κ2) is 31.5. The SMILES string of the molecule is C=C(C)C(=O)O.C=C(C)C(=O)O.CCCCCCCCC.CCCCCCCCC(O)O. The normalized spacial score (nSPS) is 9.38. The van der Waals surface area contributed by atoms with Crippen LogP contribution in [-0.4, -0.2) is 38.7 Å². The van der Waals surface area contributed by atoms with Gasteiger partial charge in [-0.2, -0.15) is 0 Å². The Hall–Kier alpha value is -1.66. The van der Waals surface area contributed by atoms with E-state index in [-0.39, 0.29) is 11.1 Å². The molecule has 0 rings (SSSR count). The van der Waals surface area contributed by atoms with Crippen molar-refractivity contribution >= 4 is 11.9 Å². The summed E-state index contributed by atoms with van der Waals surface area (Å²) in [6.07, 6.45) is 16.6. The molecule has 0 radical (unpaired) electrons. The van der Waals surface area contributed by atoms with Crippen molar-refractivity contribution in [3.63, 3.8) is 0 Å². The fourth-order valence-electron chi connectivity index (χ4n) is 2.14. The Morgan fingerprint density at radius 1 is 0.594 bits per heavy atom.